The number of nitrogens with one attached hydrogen (secondary N) is 2. The van der Waals surface area contributed by atoms with Crippen molar-refractivity contribution in [1.29, 1.82) is 0 Å². The summed E-state index contributed by atoms with van der Waals surface area (Å²) in [4.78, 5) is 6.36. The molecule has 1 aliphatic carbocycles. The summed E-state index contributed by atoms with van der Waals surface area (Å²) in [6.45, 7) is 2.46. The Morgan fingerprint density at radius 3 is 3.00 bits per heavy atom. The lowest BCUT2D eigenvalue weighted by molar-refractivity contribution is 0.222. The molecule has 0 radical (unpaired) electrons. The minimum Gasteiger partial charge on any atom is -0.335 e. The SMILES string of the molecule is CC1CCCC(CN)(NS(=O)(=O)c2cnc[nH]2)C1. The van der Waals surface area contributed by atoms with Gasteiger partial charge in [0.05, 0.1) is 12.5 Å². The largest absolute Gasteiger partial charge is 0.335 e. The van der Waals surface area contributed by atoms with Crippen molar-refractivity contribution in [3.63, 3.8) is 0 Å². The van der Waals surface area contributed by atoms with Crippen LogP contribution < -0.4 is 10.5 Å². The Morgan fingerprint density at radius 2 is 2.44 bits per heavy atom. The molecule has 7 heteroatoms. The van der Waals surface area contributed by atoms with Gasteiger partial charge in [-0.1, -0.05) is 19.8 Å². The lowest BCUT2D eigenvalue weighted by atomic mass is 9.77. The van der Waals surface area contributed by atoms with Crippen molar-refractivity contribution in [2.75, 3.05) is 6.54 Å². The first kappa shape index (κ1) is 13.5. The molecule has 0 amide bonds. The maximum Gasteiger partial charge on any atom is 0.258 e. The molecule has 2 rings (SSSR count). The topological polar surface area (TPSA) is 101 Å². The molecule has 1 heterocycles. The van der Waals surface area contributed by atoms with E-state index in [0.717, 1.165) is 25.7 Å². The molecule has 2 atom stereocenters. The van der Waals surface area contributed by atoms with E-state index in [9.17, 15) is 8.42 Å². The molecule has 0 aliphatic heterocycles. The quantitative estimate of drug-likeness (QED) is 0.747. The van der Waals surface area contributed by atoms with Gasteiger partial charge in [-0.3, -0.25) is 0 Å². The maximum atomic E-state index is 12.2. The Hall–Kier alpha value is -0.920. The summed E-state index contributed by atoms with van der Waals surface area (Å²) in [5.41, 5.74) is 5.30. The van der Waals surface area contributed by atoms with E-state index in [1.807, 2.05) is 0 Å². The minimum atomic E-state index is -3.56. The van der Waals surface area contributed by atoms with Gasteiger partial charge in [-0.2, -0.15) is 0 Å². The van der Waals surface area contributed by atoms with Crippen molar-refractivity contribution in [3.05, 3.63) is 12.5 Å². The van der Waals surface area contributed by atoms with Crippen molar-refractivity contribution in [2.24, 2.45) is 11.7 Å². The van der Waals surface area contributed by atoms with Crippen LogP contribution in [-0.2, 0) is 10.0 Å². The van der Waals surface area contributed by atoms with Gasteiger partial charge in [0.15, 0.2) is 5.03 Å². The van der Waals surface area contributed by atoms with Crippen molar-refractivity contribution in [3.8, 4) is 0 Å². The molecule has 18 heavy (non-hydrogen) atoms. The van der Waals surface area contributed by atoms with Crippen LogP contribution in [0.2, 0.25) is 0 Å². The highest BCUT2D eigenvalue weighted by molar-refractivity contribution is 7.89. The van der Waals surface area contributed by atoms with Gasteiger partial charge in [0.1, 0.15) is 0 Å². The summed E-state index contributed by atoms with van der Waals surface area (Å²) in [7, 11) is -3.56. The molecule has 0 aromatic carbocycles. The number of nitrogens with zero attached hydrogens (tertiary/aromatic N) is 1. The monoisotopic (exact) mass is 272 g/mol. The molecular formula is C11H20N4O2S. The molecule has 1 aliphatic rings. The van der Waals surface area contributed by atoms with Gasteiger partial charge in [0.2, 0.25) is 0 Å². The zero-order chi connectivity index (χ0) is 13.2. The van der Waals surface area contributed by atoms with Crippen LogP contribution in [0.4, 0.5) is 0 Å². The van der Waals surface area contributed by atoms with Gasteiger partial charge in [-0.05, 0) is 18.8 Å². The summed E-state index contributed by atoms with van der Waals surface area (Å²) < 4.78 is 27.2. The van der Waals surface area contributed by atoms with Gasteiger partial charge < -0.3 is 10.7 Å². The average Bonchev–Trinajstić information content (AvgIpc) is 2.82. The molecule has 1 aromatic heterocycles. The Bertz CT molecular complexity index is 485. The van der Waals surface area contributed by atoms with Crippen LogP contribution in [0.1, 0.15) is 32.6 Å². The summed E-state index contributed by atoms with van der Waals surface area (Å²) in [6.07, 6.45) is 6.38. The summed E-state index contributed by atoms with van der Waals surface area (Å²) in [6, 6.07) is 0. The average molecular weight is 272 g/mol. The molecule has 2 unspecified atom stereocenters. The fraction of sp³-hybridized carbons (Fsp3) is 0.727. The van der Waals surface area contributed by atoms with E-state index < -0.39 is 15.6 Å². The third-order valence-corrected chi connectivity index (χ3v) is 5.10. The second-order valence-electron chi connectivity index (χ2n) is 5.21. The molecule has 0 spiro atoms. The van der Waals surface area contributed by atoms with Gasteiger partial charge >= 0.3 is 0 Å². The second kappa shape index (κ2) is 4.99. The standard InChI is InChI=1S/C11H20N4O2S/c1-9-3-2-4-11(5-9,7-12)15-18(16,17)10-6-13-8-14-10/h6,8-9,15H,2-5,7,12H2,1H3,(H,13,14). The molecule has 6 nitrogen and oxygen atoms in total. The zero-order valence-corrected chi connectivity index (χ0v) is 11.3. The second-order valence-corrected chi connectivity index (χ2v) is 6.86. The highest BCUT2D eigenvalue weighted by Gasteiger charge is 2.37. The fourth-order valence-electron chi connectivity index (χ4n) is 2.71. The third kappa shape index (κ3) is 2.73. The van der Waals surface area contributed by atoms with Gasteiger partial charge in [-0.15, -0.1) is 0 Å². The van der Waals surface area contributed by atoms with Crippen molar-refractivity contribution in [2.45, 2.75) is 43.2 Å². The number of sulfonamides is 1. The Morgan fingerprint density at radius 1 is 1.67 bits per heavy atom. The van der Waals surface area contributed by atoms with Crippen LogP contribution in [0, 0.1) is 5.92 Å². The maximum absolute atomic E-state index is 12.2. The predicted octanol–water partition coefficient (Wildman–Crippen LogP) is 0.596. The van der Waals surface area contributed by atoms with Crippen LogP contribution in [-0.4, -0.2) is 30.5 Å². The highest BCUT2D eigenvalue weighted by atomic mass is 32.2. The van der Waals surface area contributed by atoms with Crippen LogP contribution in [0.25, 0.3) is 0 Å². The number of aromatic amines is 1. The summed E-state index contributed by atoms with van der Waals surface area (Å²) in [5.74, 6) is 0.492. The number of nitrogens with two attached hydrogens (primary N) is 1. The number of hydrogen-bond donors (Lipinski definition) is 3. The number of H-pyrrole nitrogens is 1. The molecular weight excluding hydrogens is 252 g/mol. The number of imidazole rings is 1. The molecule has 4 N–H and O–H groups in total. The fourth-order valence-corrected chi connectivity index (χ4v) is 4.07. The molecule has 0 bridgehead atoms. The molecule has 1 saturated carbocycles. The van der Waals surface area contributed by atoms with E-state index >= 15 is 0 Å². The van der Waals surface area contributed by atoms with Crippen LogP contribution >= 0.6 is 0 Å². The van der Waals surface area contributed by atoms with Crippen molar-refractivity contribution in [1.82, 2.24) is 14.7 Å². The minimum absolute atomic E-state index is 0.0913. The van der Waals surface area contributed by atoms with Crippen molar-refractivity contribution >= 4 is 10.0 Å². The normalized spacial score (nSPS) is 29.3. The Balaban J connectivity index is 2.20. The number of rotatable bonds is 4. The lowest BCUT2D eigenvalue weighted by Gasteiger charge is -2.39. The van der Waals surface area contributed by atoms with E-state index in [2.05, 4.69) is 21.6 Å². The lowest BCUT2D eigenvalue weighted by Crippen LogP contribution is -2.55. The number of aromatic nitrogens is 2. The van der Waals surface area contributed by atoms with Crippen molar-refractivity contribution < 1.29 is 8.42 Å². The molecule has 1 fully saturated rings. The number of hydrogen-bond acceptors (Lipinski definition) is 4. The van der Waals surface area contributed by atoms with E-state index in [0.29, 0.717) is 12.5 Å². The van der Waals surface area contributed by atoms with Crippen LogP contribution in [0.3, 0.4) is 0 Å². The predicted molar refractivity (Wildman–Crippen MR) is 68.3 cm³/mol. The van der Waals surface area contributed by atoms with Crippen LogP contribution in [0.5, 0.6) is 0 Å². The third-order valence-electron chi connectivity index (χ3n) is 3.60. The highest BCUT2D eigenvalue weighted by Crippen LogP contribution is 2.32. The first-order valence-corrected chi connectivity index (χ1v) is 7.68. The van der Waals surface area contributed by atoms with Gasteiger partial charge in [0, 0.05) is 12.1 Å². The van der Waals surface area contributed by atoms with E-state index in [-0.39, 0.29) is 5.03 Å². The summed E-state index contributed by atoms with van der Waals surface area (Å²) in [5, 5.41) is 0.0913. The van der Waals surface area contributed by atoms with Crippen LogP contribution in [0.15, 0.2) is 17.6 Å². The van der Waals surface area contributed by atoms with E-state index in [1.165, 1.54) is 12.5 Å². The first-order chi connectivity index (χ1) is 8.47. The molecule has 102 valence electrons. The Labute approximate surface area is 107 Å². The zero-order valence-electron chi connectivity index (χ0n) is 10.5. The van der Waals surface area contributed by atoms with E-state index in [4.69, 9.17) is 5.73 Å². The first-order valence-electron chi connectivity index (χ1n) is 6.20. The van der Waals surface area contributed by atoms with Gasteiger partial charge in [-0.25, -0.2) is 18.1 Å². The smallest absolute Gasteiger partial charge is 0.258 e. The molecule has 0 saturated heterocycles. The van der Waals surface area contributed by atoms with E-state index in [1.54, 1.807) is 0 Å². The summed E-state index contributed by atoms with van der Waals surface area (Å²) >= 11 is 0. The Kier molecular flexibility index (Phi) is 3.74. The molecule has 1 aromatic rings. The van der Waals surface area contributed by atoms with Gasteiger partial charge in [0.25, 0.3) is 10.0 Å².